The molecular weight excluding hydrogens is 324 g/mol. The van der Waals surface area contributed by atoms with E-state index in [9.17, 15) is 9.59 Å². The van der Waals surface area contributed by atoms with Crippen LogP contribution in [-0.4, -0.2) is 24.2 Å². The lowest BCUT2D eigenvalue weighted by Crippen LogP contribution is -2.33. The van der Waals surface area contributed by atoms with E-state index in [1.807, 2.05) is 60.9 Å². The third-order valence-electron chi connectivity index (χ3n) is 4.42. The molecule has 0 bridgehead atoms. The molecule has 24 heavy (non-hydrogen) atoms. The van der Waals surface area contributed by atoms with Crippen LogP contribution in [0.15, 0.2) is 59.5 Å². The van der Waals surface area contributed by atoms with Crippen molar-refractivity contribution in [2.45, 2.75) is 17.0 Å². The van der Waals surface area contributed by atoms with Crippen LogP contribution < -0.4 is 10.4 Å². The lowest BCUT2D eigenvalue weighted by molar-refractivity contribution is -0.129. The maximum atomic E-state index is 12.3. The van der Waals surface area contributed by atoms with Crippen molar-refractivity contribution in [2.75, 3.05) is 11.3 Å². The van der Waals surface area contributed by atoms with Gasteiger partial charge in [-0.25, -0.2) is 5.06 Å². The first-order chi connectivity index (χ1) is 11.7. The Morgan fingerprint density at radius 1 is 1.00 bits per heavy atom. The second-order valence-electron chi connectivity index (χ2n) is 5.78. The van der Waals surface area contributed by atoms with Gasteiger partial charge in [-0.2, -0.15) is 0 Å². The highest BCUT2D eigenvalue weighted by atomic mass is 32.2. The molecule has 0 aromatic heterocycles. The van der Waals surface area contributed by atoms with Crippen molar-refractivity contribution in [3.8, 4) is 0 Å². The van der Waals surface area contributed by atoms with E-state index in [4.69, 9.17) is 4.84 Å². The molecule has 2 aliphatic heterocycles. The normalized spacial score (nSPS) is 25.7. The first kappa shape index (κ1) is 15.2. The Hall–Kier alpha value is -2.31. The molecule has 0 aliphatic carbocycles. The maximum Gasteiger partial charge on any atom is 0.259 e. The van der Waals surface area contributed by atoms with Crippen LogP contribution in [0, 0.1) is 5.92 Å². The number of fused-ring (bicyclic) bond motifs is 1. The first-order valence-corrected chi connectivity index (χ1v) is 8.91. The minimum atomic E-state index is -0.775. The molecule has 0 radical (unpaired) electrons. The van der Waals surface area contributed by atoms with Crippen LogP contribution in [0.4, 0.5) is 5.69 Å². The van der Waals surface area contributed by atoms with Crippen molar-refractivity contribution in [1.29, 1.82) is 0 Å². The number of amides is 2. The van der Waals surface area contributed by atoms with E-state index in [1.54, 1.807) is 16.8 Å². The topological polar surface area (TPSA) is 58.6 Å². The molecule has 2 fully saturated rings. The lowest BCUT2D eigenvalue weighted by atomic mass is 9.90. The molecule has 3 atom stereocenters. The van der Waals surface area contributed by atoms with Gasteiger partial charge in [0.05, 0.1) is 11.7 Å². The zero-order chi connectivity index (χ0) is 16.7. The highest BCUT2D eigenvalue weighted by Crippen LogP contribution is 2.44. The molecule has 2 aromatic carbocycles. The third-order valence-corrected chi connectivity index (χ3v) is 5.17. The van der Waals surface area contributed by atoms with Gasteiger partial charge in [0.25, 0.3) is 5.91 Å². The molecule has 5 nitrogen and oxygen atoms in total. The Morgan fingerprint density at radius 2 is 1.71 bits per heavy atom. The van der Waals surface area contributed by atoms with Gasteiger partial charge in [-0.1, -0.05) is 30.3 Å². The van der Waals surface area contributed by atoms with E-state index in [1.165, 1.54) is 0 Å². The van der Waals surface area contributed by atoms with Crippen molar-refractivity contribution in [3.63, 3.8) is 0 Å². The number of nitrogens with one attached hydrogen (secondary N) is 1. The standard InChI is InChI=1S/C18H16N2O3S/c1-24-13-9-7-11(8-10-13)15-14-16(18(22)19-17(14)21)23-20(15)12-5-3-2-4-6-12/h2-10,14-16H,1H3,(H,19,21,22)/t14-,15-,16+/m1/s1. The number of hydrogen-bond acceptors (Lipinski definition) is 5. The Balaban J connectivity index is 1.78. The monoisotopic (exact) mass is 340 g/mol. The highest BCUT2D eigenvalue weighted by molar-refractivity contribution is 7.98. The van der Waals surface area contributed by atoms with Gasteiger partial charge in [0.15, 0.2) is 6.10 Å². The molecular formula is C18H16N2O3S. The Kier molecular flexibility index (Phi) is 3.78. The molecule has 2 heterocycles. The maximum absolute atomic E-state index is 12.3. The zero-order valence-corrected chi connectivity index (χ0v) is 13.8. The Morgan fingerprint density at radius 3 is 2.38 bits per heavy atom. The number of rotatable bonds is 3. The predicted octanol–water partition coefficient (Wildman–Crippen LogP) is 2.54. The van der Waals surface area contributed by atoms with Gasteiger partial charge in [0, 0.05) is 4.90 Å². The third kappa shape index (κ3) is 2.39. The summed E-state index contributed by atoms with van der Waals surface area (Å²) >= 11 is 1.66. The average molecular weight is 340 g/mol. The zero-order valence-electron chi connectivity index (χ0n) is 13.0. The summed E-state index contributed by atoms with van der Waals surface area (Å²) < 4.78 is 0. The second kappa shape index (κ2) is 5.96. The molecule has 2 saturated heterocycles. The minimum Gasteiger partial charge on any atom is -0.294 e. The van der Waals surface area contributed by atoms with E-state index < -0.39 is 12.0 Å². The molecule has 2 aliphatic rings. The smallest absolute Gasteiger partial charge is 0.259 e. The van der Waals surface area contributed by atoms with Crippen LogP contribution in [0.5, 0.6) is 0 Å². The number of nitrogens with zero attached hydrogens (tertiary/aromatic N) is 1. The summed E-state index contributed by atoms with van der Waals surface area (Å²) in [6.07, 6.45) is 1.24. The number of hydroxylamine groups is 1. The Bertz CT molecular complexity index is 779. The minimum absolute atomic E-state index is 0.276. The molecule has 6 heteroatoms. The van der Waals surface area contributed by atoms with E-state index in [2.05, 4.69) is 5.32 Å². The fraction of sp³-hybridized carbons (Fsp3) is 0.222. The first-order valence-electron chi connectivity index (χ1n) is 7.69. The predicted molar refractivity (Wildman–Crippen MR) is 91.4 cm³/mol. The number of imide groups is 1. The van der Waals surface area contributed by atoms with Crippen LogP contribution in [-0.2, 0) is 14.4 Å². The second-order valence-corrected chi connectivity index (χ2v) is 6.66. The van der Waals surface area contributed by atoms with Crippen molar-refractivity contribution in [1.82, 2.24) is 5.32 Å². The Labute approximate surface area is 143 Å². The van der Waals surface area contributed by atoms with E-state index in [-0.39, 0.29) is 17.9 Å². The van der Waals surface area contributed by atoms with Crippen LogP contribution in [0.3, 0.4) is 0 Å². The van der Waals surface area contributed by atoms with Gasteiger partial charge in [-0.05, 0) is 36.1 Å². The van der Waals surface area contributed by atoms with E-state index in [0.29, 0.717) is 0 Å². The quantitative estimate of drug-likeness (QED) is 0.687. The lowest BCUT2D eigenvalue weighted by Gasteiger charge is -2.27. The van der Waals surface area contributed by atoms with E-state index in [0.717, 1.165) is 16.1 Å². The summed E-state index contributed by atoms with van der Waals surface area (Å²) in [4.78, 5) is 31.4. The summed E-state index contributed by atoms with van der Waals surface area (Å²) in [5, 5.41) is 4.07. The molecule has 122 valence electrons. The molecule has 0 saturated carbocycles. The summed E-state index contributed by atoms with van der Waals surface area (Å²) in [7, 11) is 0. The SMILES string of the molecule is CSc1ccc([C@@H]2[C@H]3C(=O)NC(=O)[C@H]3ON2c2ccccc2)cc1. The average Bonchev–Trinajstić information content (AvgIpc) is 3.14. The molecule has 2 amide bonds. The van der Waals surface area contributed by atoms with Crippen LogP contribution >= 0.6 is 11.8 Å². The number of carbonyl (C=O) groups is 2. The number of carbonyl (C=O) groups excluding carboxylic acids is 2. The van der Waals surface area contributed by atoms with Gasteiger partial charge in [0.2, 0.25) is 5.91 Å². The molecule has 4 rings (SSSR count). The van der Waals surface area contributed by atoms with Crippen molar-refractivity contribution in [2.24, 2.45) is 5.92 Å². The highest BCUT2D eigenvalue weighted by Gasteiger charge is 2.56. The fourth-order valence-corrected chi connectivity index (χ4v) is 3.68. The van der Waals surface area contributed by atoms with Crippen LogP contribution in [0.1, 0.15) is 11.6 Å². The van der Waals surface area contributed by atoms with Crippen molar-refractivity contribution >= 4 is 29.3 Å². The van der Waals surface area contributed by atoms with Crippen molar-refractivity contribution < 1.29 is 14.4 Å². The van der Waals surface area contributed by atoms with Gasteiger partial charge < -0.3 is 0 Å². The number of para-hydroxylation sites is 1. The summed E-state index contributed by atoms with van der Waals surface area (Å²) in [5.41, 5.74) is 1.78. The fourth-order valence-electron chi connectivity index (χ4n) is 3.27. The molecule has 0 spiro atoms. The molecule has 0 unspecified atom stereocenters. The molecule has 2 aromatic rings. The van der Waals surface area contributed by atoms with Gasteiger partial charge in [-0.15, -0.1) is 11.8 Å². The van der Waals surface area contributed by atoms with Crippen LogP contribution in [0.2, 0.25) is 0 Å². The van der Waals surface area contributed by atoms with Crippen molar-refractivity contribution in [3.05, 3.63) is 60.2 Å². The van der Waals surface area contributed by atoms with E-state index >= 15 is 0 Å². The number of hydrogen-bond donors (Lipinski definition) is 1. The number of benzene rings is 2. The van der Waals surface area contributed by atoms with Gasteiger partial charge in [0.1, 0.15) is 5.92 Å². The molecule has 1 N–H and O–H groups in total. The summed E-state index contributed by atoms with van der Waals surface area (Å²) in [5.74, 6) is -1.19. The number of anilines is 1. The summed E-state index contributed by atoms with van der Waals surface area (Å²) in [6, 6.07) is 17.2. The van der Waals surface area contributed by atoms with Crippen LogP contribution in [0.25, 0.3) is 0 Å². The largest absolute Gasteiger partial charge is 0.294 e. The summed E-state index contributed by atoms with van der Waals surface area (Å²) in [6.45, 7) is 0. The van der Waals surface area contributed by atoms with Gasteiger partial charge in [-0.3, -0.25) is 19.7 Å². The van der Waals surface area contributed by atoms with Gasteiger partial charge >= 0.3 is 0 Å². The number of thioether (sulfide) groups is 1.